The smallest absolute Gasteiger partial charge is 0.254 e. The van der Waals surface area contributed by atoms with Crippen molar-refractivity contribution >= 4 is 22.9 Å². The van der Waals surface area contributed by atoms with Gasteiger partial charge in [0.05, 0.1) is 19.2 Å². The summed E-state index contributed by atoms with van der Waals surface area (Å²) in [4.78, 5) is 28.0. The molecule has 7 nitrogen and oxygen atoms in total. The van der Waals surface area contributed by atoms with Crippen molar-refractivity contribution in [2.45, 2.75) is 13.0 Å². The summed E-state index contributed by atoms with van der Waals surface area (Å²) in [5.74, 6) is -0.427. The van der Waals surface area contributed by atoms with Gasteiger partial charge in [-0.15, -0.1) is 0 Å². The van der Waals surface area contributed by atoms with Crippen molar-refractivity contribution < 1.29 is 23.1 Å². The fraction of sp³-hybridized carbons (Fsp3) is 0.211. The molecule has 2 aromatic carbocycles. The standard InChI is InChI=1S/C19H18FN3O4/c1-26-12-6-7-16-15(10-12)23-18(27-16)11-22-17(24)8-9-21-19(25)13-4-2-3-5-14(13)20/h2-7,10H,8-9,11H2,1H3,(H,21,25)(H,22,24). The second-order valence-corrected chi connectivity index (χ2v) is 5.70. The molecule has 0 atom stereocenters. The molecule has 0 aliphatic carbocycles. The SMILES string of the molecule is COc1ccc2oc(CNC(=O)CCNC(=O)c3ccccc3F)nc2c1. The first-order chi connectivity index (χ1) is 13.1. The van der Waals surface area contributed by atoms with Crippen LogP contribution in [0.2, 0.25) is 0 Å². The monoisotopic (exact) mass is 371 g/mol. The van der Waals surface area contributed by atoms with Crippen LogP contribution >= 0.6 is 0 Å². The van der Waals surface area contributed by atoms with E-state index in [4.69, 9.17) is 9.15 Å². The summed E-state index contributed by atoms with van der Waals surface area (Å²) in [6.07, 6.45) is 0.0498. The van der Waals surface area contributed by atoms with Gasteiger partial charge in [0.25, 0.3) is 5.91 Å². The topological polar surface area (TPSA) is 93.5 Å². The minimum atomic E-state index is -0.605. The minimum absolute atomic E-state index is 0.0498. The van der Waals surface area contributed by atoms with Crippen LogP contribution in [-0.2, 0) is 11.3 Å². The minimum Gasteiger partial charge on any atom is -0.497 e. The van der Waals surface area contributed by atoms with Crippen molar-refractivity contribution in [3.05, 3.63) is 59.7 Å². The molecule has 140 valence electrons. The molecule has 8 heteroatoms. The molecule has 3 rings (SSSR count). The van der Waals surface area contributed by atoms with Gasteiger partial charge in [-0.05, 0) is 24.3 Å². The highest BCUT2D eigenvalue weighted by Gasteiger charge is 2.12. The van der Waals surface area contributed by atoms with E-state index in [1.807, 2.05) is 0 Å². The Kier molecular flexibility index (Phi) is 5.65. The predicted octanol–water partition coefficient (Wildman–Crippen LogP) is 2.41. The molecule has 2 N–H and O–H groups in total. The maximum absolute atomic E-state index is 13.5. The molecule has 1 aromatic heterocycles. The number of methoxy groups -OCH3 is 1. The normalized spacial score (nSPS) is 10.6. The number of carbonyl (C=O) groups excluding carboxylic acids is 2. The molecular formula is C19H18FN3O4. The second-order valence-electron chi connectivity index (χ2n) is 5.70. The van der Waals surface area contributed by atoms with Crippen molar-refractivity contribution in [2.24, 2.45) is 0 Å². The highest BCUT2D eigenvalue weighted by molar-refractivity contribution is 5.94. The van der Waals surface area contributed by atoms with Gasteiger partial charge in [0.1, 0.15) is 17.1 Å². The van der Waals surface area contributed by atoms with Gasteiger partial charge in [-0.1, -0.05) is 12.1 Å². The lowest BCUT2D eigenvalue weighted by molar-refractivity contribution is -0.121. The van der Waals surface area contributed by atoms with Gasteiger partial charge in [0.2, 0.25) is 11.8 Å². The Morgan fingerprint density at radius 1 is 1.19 bits per heavy atom. The summed E-state index contributed by atoms with van der Waals surface area (Å²) < 4.78 is 24.2. The lowest BCUT2D eigenvalue weighted by Gasteiger charge is -2.06. The van der Waals surface area contributed by atoms with Crippen LogP contribution in [0.5, 0.6) is 5.75 Å². The van der Waals surface area contributed by atoms with Crippen LogP contribution < -0.4 is 15.4 Å². The third kappa shape index (κ3) is 4.60. The molecule has 0 bridgehead atoms. The molecule has 0 spiro atoms. The number of hydrogen-bond acceptors (Lipinski definition) is 5. The Hall–Kier alpha value is -3.42. The quantitative estimate of drug-likeness (QED) is 0.665. The number of benzene rings is 2. The summed E-state index contributed by atoms with van der Waals surface area (Å²) in [6, 6.07) is 10.9. The Labute approximate surface area is 154 Å². The van der Waals surface area contributed by atoms with E-state index in [2.05, 4.69) is 15.6 Å². The highest BCUT2D eigenvalue weighted by Crippen LogP contribution is 2.21. The summed E-state index contributed by atoms with van der Waals surface area (Å²) >= 11 is 0. The number of nitrogens with one attached hydrogen (secondary N) is 2. The highest BCUT2D eigenvalue weighted by atomic mass is 19.1. The molecule has 0 unspecified atom stereocenters. The molecule has 3 aromatic rings. The maximum Gasteiger partial charge on any atom is 0.254 e. The number of amides is 2. The Morgan fingerprint density at radius 2 is 2.00 bits per heavy atom. The molecule has 2 amide bonds. The number of ether oxygens (including phenoxy) is 1. The average molecular weight is 371 g/mol. The fourth-order valence-electron chi connectivity index (χ4n) is 2.45. The van der Waals surface area contributed by atoms with Crippen LogP contribution in [0.25, 0.3) is 11.1 Å². The second kappa shape index (κ2) is 8.31. The zero-order chi connectivity index (χ0) is 19.2. The van der Waals surface area contributed by atoms with Crippen LogP contribution in [0.15, 0.2) is 46.9 Å². The van der Waals surface area contributed by atoms with Gasteiger partial charge in [-0.2, -0.15) is 0 Å². The molecule has 0 aliphatic heterocycles. The Balaban J connectivity index is 1.46. The van der Waals surface area contributed by atoms with Crippen molar-refractivity contribution in [3.8, 4) is 5.75 Å². The zero-order valence-corrected chi connectivity index (χ0v) is 14.6. The number of hydrogen-bond donors (Lipinski definition) is 2. The molecule has 0 aliphatic rings. The van der Waals surface area contributed by atoms with Crippen molar-refractivity contribution in [3.63, 3.8) is 0 Å². The van der Waals surface area contributed by atoms with E-state index in [1.165, 1.54) is 18.2 Å². The summed E-state index contributed by atoms with van der Waals surface area (Å²) in [6.45, 7) is 0.209. The van der Waals surface area contributed by atoms with E-state index < -0.39 is 11.7 Å². The van der Waals surface area contributed by atoms with Crippen LogP contribution in [-0.4, -0.2) is 30.5 Å². The Bertz CT molecular complexity index is 970. The van der Waals surface area contributed by atoms with Gasteiger partial charge in [0, 0.05) is 19.0 Å². The third-order valence-corrected chi connectivity index (χ3v) is 3.83. The number of carbonyl (C=O) groups is 2. The van der Waals surface area contributed by atoms with Crippen LogP contribution in [0.3, 0.4) is 0 Å². The molecule has 0 saturated carbocycles. The number of halogens is 1. The van der Waals surface area contributed by atoms with E-state index in [-0.39, 0.29) is 31.0 Å². The van der Waals surface area contributed by atoms with Gasteiger partial charge in [-0.25, -0.2) is 9.37 Å². The van der Waals surface area contributed by atoms with Crippen molar-refractivity contribution in [1.29, 1.82) is 0 Å². The number of fused-ring (bicyclic) bond motifs is 1. The first kappa shape index (κ1) is 18.4. The first-order valence-corrected chi connectivity index (χ1v) is 8.29. The van der Waals surface area contributed by atoms with Gasteiger partial charge in [0.15, 0.2) is 5.58 Å². The lowest BCUT2D eigenvalue weighted by Crippen LogP contribution is -2.31. The zero-order valence-electron chi connectivity index (χ0n) is 14.6. The Morgan fingerprint density at radius 3 is 2.78 bits per heavy atom. The fourth-order valence-corrected chi connectivity index (χ4v) is 2.45. The molecule has 0 radical (unpaired) electrons. The van der Waals surface area contributed by atoms with Crippen molar-refractivity contribution in [2.75, 3.05) is 13.7 Å². The van der Waals surface area contributed by atoms with E-state index in [1.54, 1.807) is 31.4 Å². The summed E-state index contributed by atoms with van der Waals surface area (Å²) in [5, 5.41) is 5.17. The van der Waals surface area contributed by atoms with E-state index >= 15 is 0 Å². The van der Waals surface area contributed by atoms with Gasteiger partial charge >= 0.3 is 0 Å². The number of nitrogens with zero attached hydrogens (tertiary/aromatic N) is 1. The molecule has 0 fully saturated rings. The summed E-state index contributed by atoms with van der Waals surface area (Å²) in [5.41, 5.74) is 1.17. The average Bonchev–Trinajstić information content (AvgIpc) is 3.08. The van der Waals surface area contributed by atoms with E-state index in [9.17, 15) is 14.0 Å². The predicted molar refractivity (Wildman–Crippen MR) is 95.8 cm³/mol. The molecule has 27 heavy (non-hydrogen) atoms. The van der Waals surface area contributed by atoms with Gasteiger partial charge in [-0.3, -0.25) is 9.59 Å². The third-order valence-electron chi connectivity index (χ3n) is 3.83. The van der Waals surface area contributed by atoms with Crippen LogP contribution in [0, 0.1) is 5.82 Å². The molecular weight excluding hydrogens is 353 g/mol. The molecule has 1 heterocycles. The number of oxazole rings is 1. The first-order valence-electron chi connectivity index (χ1n) is 8.29. The summed E-state index contributed by atoms with van der Waals surface area (Å²) in [7, 11) is 1.56. The van der Waals surface area contributed by atoms with Crippen molar-refractivity contribution in [1.82, 2.24) is 15.6 Å². The maximum atomic E-state index is 13.5. The van der Waals surface area contributed by atoms with E-state index in [0.29, 0.717) is 22.7 Å². The number of rotatable bonds is 7. The van der Waals surface area contributed by atoms with E-state index in [0.717, 1.165) is 0 Å². The number of aromatic nitrogens is 1. The van der Waals surface area contributed by atoms with Crippen LogP contribution in [0.1, 0.15) is 22.7 Å². The lowest BCUT2D eigenvalue weighted by atomic mass is 10.2. The van der Waals surface area contributed by atoms with Gasteiger partial charge < -0.3 is 19.8 Å². The van der Waals surface area contributed by atoms with Crippen LogP contribution in [0.4, 0.5) is 4.39 Å². The largest absolute Gasteiger partial charge is 0.497 e. The molecule has 0 saturated heterocycles.